The Labute approximate surface area is 280 Å². The van der Waals surface area contributed by atoms with Crippen LogP contribution in [0.1, 0.15) is 173 Å². The van der Waals surface area contributed by atoms with E-state index in [9.17, 15) is 24.0 Å². The van der Waals surface area contributed by atoms with E-state index in [2.05, 4.69) is 16.0 Å². The van der Waals surface area contributed by atoms with E-state index in [1.807, 2.05) is 125 Å². The molecule has 0 radical (unpaired) electrons. The maximum absolute atomic E-state index is 13.6. The van der Waals surface area contributed by atoms with Crippen LogP contribution in [0.3, 0.4) is 0 Å². The second-order valence-electron chi connectivity index (χ2n) is 18.2. The molecule has 0 aromatic carbocycles. The topological polar surface area (TPSA) is 148 Å². The highest BCUT2D eigenvalue weighted by Crippen LogP contribution is 2.32. The minimum atomic E-state index is -0.608. The fourth-order valence-electron chi connectivity index (χ4n) is 4.17. The van der Waals surface area contributed by atoms with E-state index in [-0.39, 0.29) is 50.7 Å². The van der Waals surface area contributed by atoms with Crippen molar-refractivity contribution in [3.05, 3.63) is 66.7 Å². The van der Waals surface area contributed by atoms with Crippen molar-refractivity contribution in [3.8, 4) is 0 Å². The molecule has 2 rings (SSSR count). The molecule has 0 saturated carbocycles. The lowest BCUT2D eigenvalue weighted by molar-refractivity contribution is 0.0878. The van der Waals surface area contributed by atoms with Crippen molar-refractivity contribution >= 4 is 17.7 Å². The van der Waals surface area contributed by atoms with Gasteiger partial charge in [-0.3, -0.25) is 24.0 Å². The second-order valence-corrected chi connectivity index (χ2v) is 18.2. The van der Waals surface area contributed by atoms with Gasteiger partial charge in [0, 0.05) is 45.0 Å². The summed E-state index contributed by atoms with van der Waals surface area (Å²) in [5, 5.41) is 8.43. The molecule has 2 heterocycles. The maximum Gasteiger partial charge on any atom is 0.287 e. The van der Waals surface area contributed by atoms with Crippen LogP contribution < -0.4 is 26.8 Å². The molecular formula is C37H59N3O7. The third kappa shape index (κ3) is 12.8. The lowest BCUT2D eigenvalue weighted by atomic mass is 9.84. The number of carbonyl (C=O) groups is 3. The third-order valence-corrected chi connectivity index (χ3v) is 6.12. The SMILES string of the molecule is CC(C)(C)NC(=O)c1c(C(C)(C)C)oc(C(C)(C)C)c(C(=O)NC(C)(C)C)c1=O.CC(C)(C)NC(=O)c1cc(=O)cc(C(C)(C)C)o1. The molecule has 264 valence electrons. The Kier molecular flexibility index (Phi) is 12.1. The molecule has 10 nitrogen and oxygen atoms in total. The van der Waals surface area contributed by atoms with Gasteiger partial charge in [0.05, 0.1) is 0 Å². The quantitative estimate of drug-likeness (QED) is 0.330. The summed E-state index contributed by atoms with van der Waals surface area (Å²) in [4.78, 5) is 63.2. The average Bonchev–Trinajstić information content (AvgIpc) is 2.78. The predicted molar refractivity (Wildman–Crippen MR) is 188 cm³/mol. The van der Waals surface area contributed by atoms with Gasteiger partial charge < -0.3 is 24.8 Å². The first kappa shape index (κ1) is 41.3. The molecule has 2 aromatic rings. The van der Waals surface area contributed by atoms with Crippen molar-refractivity contribution in [2.24, 2.45) is 0 Å². The number of rotatable bonds is 3. The van der Waals surface area contributed by atoms with Crippen molar-refractivity contribution in [2.45, 2.75) is 157 Å². The zero-order valence-corrected chi connectivity index (χ0v) is 32.0. The Morgan fingerprint density at radius 2 is 0.830 bits per heavy atom. The summed E-state index contributed by atoms with van der Waals surface area (Å²) in [6.07, 6.45) is 0. The predicted octanol–water partition coefficient (Wildman–Crippen LogP) is 6.76. The van der Waals surface area contributed by atoms with Crippen LogP contribution in [-0.2, 0) is 16.2 Å². The molecule has 0 aliphatic heterocycles. The second kappa shape index (κ2) is 13.8. The van der Waals surface area contributed by atoms with Crippen LogP contribution in [0.25, 0.3) is 0 Å². The molecule has 0 unspecified atom stereocenters. The molecule has 3 N–H and O–H groups in total. The molecule has 0 aliphatic rings. The van der Waals surface area contributed by atoms with E-state index < -0.39 is 39.2 Å². The highest BCUT2D eigenvalue weighted by Gasteiger charge is 2.37. The molecule has 0 spiro atoms. The Hall–Kier alpha value is -3.69. The van der Waals surface area contributed by atoms with Crippen molar-refractivity contribution in [2.75, 3.05) is 0 Å². The molecule has 2 aromatic heterocycles. The van der Waals surface area contributed by atoms with Crippen LogP contribution in [0.2, 0.25) is 0 Å². The molecule has 0 aliphatic carbocycles. The average molecular weight is 658 g/mol. The standard InChI is InChI=1S/C23H38N2O4.C14H21NO3/c1-20(2,3)16-13(18(27)24-22(7,8)9)15(26)14(17(29-16)21(4,5)6)19(28)25-23(10,11)12;1-13(2,3)11-8-9(16)7-10(18-11)12(17)15-14(4,5)6/h1-12H3,(H,24,27)(H,25,28);7-8H,1-6H3,(H,15,17). The summed E-state index contributed by atoms with van der Waals surface area (Å²) in [5.74, 6) is -0.326. The van der Waals surface area contributed by atoms with Crippen LogP contribution in [0, 0.1) is 0 Å². The van der Waals surface area contributed by atoms with Crippen LogP contribution >= 0.6 is 0 Å². The van der Waals surface area contributed by atoms with Crippen molar-refractivity contribution < 1.29 is 23.2 Å². The summed E-state index contributed by atoms with van der Waals surface area (Å²) >= 11 is 0. The maximum atomic E-state index is 13.6. The molecule has 10 heteroatoms. The highest BCUT2D eigenvalue weighted by molar-refractivity contribution is 6.01. The van der Waals surface area contributed by atoms with Gasteiger partial charge in [-0.2, -0.15) is 0 Å². The van der Waals surface area contributed by atoms with Crippen molar-refractivity contribution in [3.63, 3.8) is 0 Å². The first-order valence-electron chi connectivity index (χ1n) is 16.0. The summed E-state index contributed by atoms with van der Waals surface area (Å²) in [6, 6.07) is 2.64. The van der Waals surface area contributed by atoms with Gasteiger partial charge in [0.25, 0.3) is 17.7 Å². The fourth-order valence-corrected chi connectivity index (χ4v) is 4.17. The molecule has 3 amide bonds. The van der Waals surface area contributed by atoms with Crippen LogP contribution in [-0.4, -0.2) is 34.3 Å². The first-order valence-corrected chi connectivity index (χ1v) is 16.0. The number of hydrogen-bond donors (Lipinski definition) is 3. The zero-order valence-electron chi connectivity index (χ0n) is 32.0. The van der Waals surface area contributed by atoms with E-state index in [0.29, 0.717) is 5.76 Å². The van der Waals surface area contributed by atoms with E-state index in [1.54, 1.807) is 0 Å². The summed E-state index contributed by atoms with van der Waals surface area (Å²) in [5.41, 5.74) is -4.03. The van der Waals surface area contributed by atoms with E-state index >= 15 is 0 Å². The van der Waals surface area contributed by atoms with Crippen molar-refractivity contribution in [1.82, 2.24) is 16.0 Å². The Balaban J connectivity index is 0.000000524. The number of carbonyl (C=O) groups excluding carboxylic acids is 3. The number of nitrogens with one attached hydrogen (secondary N) is 3. The molecule has 47 heavy (non-hydrogen) atoms. The summed E-state index contributed by atoms with van der Waals surface area (Å²) in [7, 11) is 0. The Morgan fingerprint density at radius 1 is 0.489 bits per heavy atom. The van der Waals surface area contributed by atoms with Crippen LogP contribution in [0.15, 0.2) is 30.6 Å². The fraction of sp³-hybridized carbons (Fsp3) is 0.649. The number of hydrogen-bond acceptors (Lipinski definition) is 7. The Morgan fingerprint density at radius 3 is 1.13 bits per heavy atom. The largest absolute Gasteiger partial charge is 0.463 e. The van der Waals surface area contributed by atoms with Gasteiger partial charge in [-0.1, -0.05) is 62.3 Å². The summed E-state index contributed by atoms with van der Waals surface area (Å²) in [6.45, 7) is 33.6. The lowest BCUT2D eigenvalue weighted by Crippen LogP contribution is -2.47. The summed E-state index contributed by atoms with van der Waals surface area (Å²) < 4.78 is 11.7. The van der Waals surface area contributed by atoms with Gasteiger partial charge in [-0.15, -0.1) is 0 Å². The molecular weight excluding hydrogens is 598 g/mol. The highest BCUT2D eigenvalue weighted by atomic mass is 16.4. The van der Waals surface area contributed by atoms with Gasteiger partial charge in [0.2, 0.25) is 5.43 Å². The van der Waals surface area contributed by atoms with Gasteiger partial charge in [0.15, 0.2) is 11.2 Å². The molecule has 0 atom stereocenters. The zero-order chi connectivity index (χ0) is 37.3. The minimum Gasteiger partial charge on any atom is -0.463 e. The third-order valence-electron chi connectivity index (χ3n) is 6.12. The number of amides is 3. The van der Waals surface area contributed by atoms with Gasteiger partial charge in [-0.25, -0.2) is 0 Å². The molecule has 0 bridgehead atoms. The van der Waals surface area contributed by atoms with Gasteiger partial charge in [0.1, 0.15) is 28.4 Å². The normalized spacial score (nSPS) is 12.9. The van der Waals surface area contributed by atoms with E-state index in [0.717, 1.165) is 0 Å². The van der Waals surface area contributed by atoms with Crippen LogP contribution in [0.4, 0.5) is 0 Å². The monoisotopic (exact) mass is 657 g/mol. The lowest BCUT2D eigenvalue weighted by Gasteiger charge is -2.29. The minimum absolute atomic E-state index is 0.0577. The van der Waals surface area contributed by atoms with E-state index in [1.165, 1.54) is 12.1 Å². The van der Waals surface area contributed by atoms with Gasteiger partial charge in [-0.05, 0) is 62.3 Å². The smallest absolute Gasteiger partial charge is 0.287 e. The van der Waals surface area contributed by atoms with Crippen molar-refractivity contribution in [1.29, 1.82) is 0 Å². The van der Waals surface area contributed by atoms with Crippen LogP contribution in [0.5, 0.6) is 0 Å². The molecule has 0 saturated heterocycles. The first-order chi connectivity index (χ1) is 20.6. The van der Waals surface area contributed by atoms with E-state index in [4.69, 9.17) is 8.83 Å². The van der Waals surface area contributed by atoms with Gasteiger partial charge >= 0.3 is 0 Å². The Bertz CT molecular complexity index is 1520. The molecule has 0 fully saturated rings.